The normalized spacial score (nSPS) is 9.68. The summed E-state index contributed by atoms with van der Waals surface area (Å²) in [5, 5.41) is 19.1. The first-order valence-electron chi connectivity index (χ1n) is 9.88. The highest BCUT2D eigenvalue weighted by Crippen LogP contribution is 2.23. The quantitative estimate of drug-likeness (QED) is 0.149. The summed E-state index contributed by atoms with van der Waals surface area (Å²) in [4.78, 5) is 26.1. The summed E-state index contributed by atoms with van der Waals surface area (Å²) >= 11 is 0. The molecule has 9 heteroatoms. The summed E-state index contributed by atoms with van der Waals surface area (Å²) < 4.78 is 9.26. The van der Waals surface area contributed by atoms with Crippen molar-refractivity contribution in [2.24, 2.45) is 10.9 Å². The third-order valence-electron chi connectivity index (χ3n) is 4.43. The van der Waals surface area contributed by atoms with Crippen LogP contribution < -0.4 is 5.73 Å². The largest absolute Gasteiger partial charge is 0.465 e. The fourth-order valence-corrected chi connectivity index (χ4v) is 2.80. The van der Waals surface area contributed by atoms with Gasteiger partial charge in [-0.1, -0.05) is 24.7 Å². The van der Waals surface area contributed by atoms with E-state index in [-0.39, 0.29) is 19.9 Å². The van der Waals surface area contributed by atoms with Gasteiger partial charge < -0.3 is 25.5 Å². The number of carbonyl (C=O) groups is 2. The Labute approximate surface area is 201 Å². The SMILES string of the molecule is C.CCO.COC(=O)c1cc(/C(N)=N/O)c(C)cc1C.[C-]#[N+]c1cc(C(=O)OC)c(C)cc1C. The summed E-state index contributed by atoms with van der Waals surface area (Å²) in [6.45, 7) is 16.1. The molecule has 0 saturated carbocycles. The van der Waals surface area contributed by atoms with Crippen molar-refractivity contribution in [2.75, 3.05) is 20.8 Å². The number of nitrogens with zero attached hydrogens (tertiary/aromatic N) is 2. The Hall–Kier alpha value is -3.90. The van der Waals surface area contributed by atoms with Gasteiger partial charge in [0.15, 0.2) is 11.5 Å². The Morgan fingerprint density at radius 1 is 0.912 bits per heavy atom. The molecule has 9 nitrogen and oxygen atoms in total. The average Bonchev–Trinajstić information content (AvgIpc) is 2.78. The highest BCUT2D eigenvalue weighted by Gasteiger charge is 2.14. The molecule has 34 heavy (non-hydrogen) atoms. The second-order valence-electron chi connectivity index (χ2n) is 6.83. The van der Waals surface area contributed by atoms with E-state index in [9.17, 15) is 9.59 Å². The summed E-state index contributed by atoms with van der Waals surface area (Å²) in [7, 11) is 2.64. The molecule has 0 bridgehead atoms. The molecular formula is C25H35N3O6. The van der Waals surface area contributed by atoms with Crippen molar-refractivity contribution >= 4 is 23.5 Å². The van der Waals surface area contributed by atoms with E-state index in [2.05, 4.69) is 19.5 Å². The Morgan fingerprint density at radius 2 is 1.29 bits per heavy atom. The molecule has 0 heterocycles. The summed E-state index contributed by atoms with van der Waals surface area (Å²) in [5.41, 5.74) is 10.7. The number of rotatable bonds is 3. The van der Waals surface area contributed by atoms with E-state index in [1.54, 1.807) is 32.0 Å². The molecule has 186 valence electrons. The highest BCUT2D eigenvalue weighted by molar-refractivity contribution is 6.01. The van der Waals surface area contributed by atoms with Crippen molar-refractivity contribution in [3.05, 3.63) is 74.6 Å². The molecule has 0 fully saturated rings. The lowest BCUT2D eigenvalue weighted by molar-refractivity contribution is 0.0591. The van der Waals surface area contributed by atoms with Crippen LogP contribution in [0.3, 0.4) is 0 Å². The highest BCUT2D eigenvalue weighted by atomic mass is 16.5. The third kappa shape index (κ3) is 8.92. The Balaban J connectivity index is 0. The van der Waals surface area contributed by atoms with E-state index in [4.69, 9.17) is 22.6 Å². The Kier molecular flexibility index (Phi) is 15.0. The number of esters is 2. The van der Waals surface area contributed by atoms with Gasteiger partial charge in [-0.25, -0.2) is 14.4 Å². The minimum absolute atomic E-state index is 0. The lowest BCUT2D eigenvalue weighted by atomic mass is 9.99. The predicted molar refractivity (Wildman–Crippen MR) is 133 cm³/mol. The second-order valence-corrected chi connectivity index (χ2v) is 6.83. The molecule has 2 aromatic rings. The van der Waals surface area contributed by atoms with Gasteiger partial charge in [-0.3, -0.25) is 0 Å². The van der Waals surface area contributed by atoms with Crippen LogP contribution in [0.1, 0.15) is 62.9 Å². The monoisotopic (exact) mass is 473 g/mol. The number of hydrogen-bond acceptors (Lipinski definition) is 7. The van der Waals surface area contributed by atoms with E-state index in [1.165, 1.54) is 14.2 Å². The van der Waals surface area contributed by atoms with Gasteiger partial charge in [0.25, 0.3) is 0 Å². The molecule has 4 N–H and O–H groups in total. The minimum Gasteiger partial charge on any atom is -0.465 e. The maximum absolute atomic E-state index is 11.4. The van der Waals surface area contributed by atoms with Crippen LogP contribution in [-0.2, 0) is 9.47 Å². The summed E-state index contributed by atoms with van der Waals surface area (Å²) in [6, 6.07) is 6.74. The van der Waals surface area contributed by atoms with E-state index in [0.29, 0.717) is 22.4 Å². The van der Waals surface area contributed by atoms with Gasteiger partial charge in [0, 0.05) is 12.2 Å². The van der Waals surface area contributed by atoms with Crippen LogP contribution in [0, 0.1) is 34.3 Å². The van der Waals surface area contributed by atoms with Gasteiger partial charge in [-0.2, -0.15) is 0 Å². The number of amidine groups is 1. The number of aliphatic hydroxyl groups excluding tert-OH is 1. The van der Waals surface area contributed by atoms with Gasteiger partial charge in [-0.15, -0.1) is 0 Å². The zero-order valence-corrected chi connectivity index (χ0v) is 20.0. The lowest BCUT2D eigenvalue weighted by Gasteiger charge is -2.09. The average molecular weight is 474 g/mol. The molecular weight excluding hydrogens is 438 g/mol. The number of hydrogen-bond donors (Lipinski definition) is 3. The molecule has 0 aliphatic rings. The number of carbonyl (C=O) groups excluding carboxylic acids is 2. The van der Waals surface area contributed by atoms with Crippen LogP contribution in [-0.4, -0.2) is 48.9 Å². The number of ether oxygens (including phenoxy) is 2. The lowest BCUT2D eigenvalue weighted by Crippen LogP contribution is -2.16. The molecule has 0 atom stereocenters. The number of benzene rings is 2. The van der Waals surface area contributed by atoms with Crippen LogP contribution in [0.4, 0.5) is 5.69 Å². The van der Waals surface area contributed by atoms with Gasteiger partial charge in [0.2, 0.25) is 0 Å². The molecule has 2 rings (SSSR count). The fourth-order valence-electron chi connectivity index (χ4n) is 2.80. The number of aryl methyl sites for hydroxylation is 4. The van der Waals surface area contributed by atoms with Gasteiger partial charge >= 0.3 is 11.9 Å². The Morgan fingerprint density at radius 3 is 1.68 bits per heavy atom. The summed E-state index contributed by atoms with van der Waals surface area (Å²) in [6.07, 6.45) is 0. The number of aliphatic hydroxyl groups is 1. The van der Waals surface area contributed by atoms with Crippen molar-refractivity contribution in [3.63, 3.8) is 0 Å². The first-order valence-corrected chi connectivity index (χ1v) is 9.88. The molecule has 0 aliphatic carbocycles. The van der Waals surface area contributed by atoms with Crippen LogP contribution in [0.2, 0.25) is 0 Å². The molecule has 0 amide bonds. The van der Waals surface area contributed by atoms with Crippen LogP contribution >= 0.6 is 0 Å². The molecule has 0 saturated heterocycles. The second kappa shape index (κ2) is 15.8. The first-order chi connectivity index (χ1) is 15.5. The van der Waals surface area contributed by atoms with E-state index in [1.807, 2.05) is 26.8 Å². The first kappa shape index (κ1) is 32.3. The summed E-state index contributed by atoms with van der Waals surface area (Å²) in [5.74, 6) is -0.862. The van der Waals surface area contributed by atoms with Gasteiger partial charge in [0.1, 0.15) is 0 Å². The number of nitrogens with two attached hydrogens (primary N) is 1. The molecule has 0 radical (unpaired) electrons. The number of oxime groups is 1. The van der Waals surface area contributed by atoms with Crippen LogP contribution in [0.15, 0.2) is 29.4 Å². The van der Waals surface area contributed by atoms with Crippen molar-refractivity contribution in [2.45, 2.75) is 42.0 Å². The van der Waals surface area contributed by atoms with Crippen molar-refractivity contribution in [1.82, 2.24) is 0 Å². The van der Waals surface area contributed by atoms with Crippen molar-refractivity contribution in [3.8, 4) is 0 Å². The standard InChI is InChI=1S/C11H14N2O3.C11H11NO2.C2H6O.CH4/c1-6-4-7(2)9(11(14)16-3)5-8(6)10(12)13-15;1-7-5-8(2)10(12-3)6-9(7)11(13)14-4;1-2-3;/h4-5,15H,1-3H3,(H2,12,13);5-6H,1-2,4H3;3H,2H2,1H3;1H4. The van der Waals surface area contributed by atoms with E-state index in [0.717, 1.165) is 22.3 Å². The number of methoxy groups -OCH3 is 2. The maximum Gasteiger partial charge on any atom is 0.338 e. The molecule has 2 aromatic carbocycles. The topological polar surface area (TPSA) is 136 Å². The molecule has 0 aliphatic heterocycles. The zero-order chi connectivity index (χ0) is 25.7. The van der Waals surface area contributed by atoms with Gasteiger partial charge in [0.05, 0.1) is 31.9 Å². The molecule has 0 unspecified atom stereocenters. The molecule has 0 spiro atoms. The van der Waals surface area contributed by atoms with E-state index < -0.39 is 11.9 Å². The smallest absolute Gasteiger partial charge is 0.338 e. The Bertz CT molecular complexity index is 1060. The molecule has 0 aromatic heterocycles. The maximum atomic E-state index is 11.4. The fraction of sp³-hybridized carbons (Fsp3) is 0.360. The van der Waals surface area contributed by atoms with Crippen LogP contribution in [0.5, 0.6) is 0 Å². The zero-order valence-electron chi connectivity index (χ0n) is 20.0. The third-order valence-corrected chi connectivity index (χ3v) is 4.43. The predicted octanol–water partition coefficient (Wildman–Crippen LogP) is 4.46. The minimum atomic E-state index is -0.440. The van der Waals surface area contributed by atoms with Gasteiger partial charge in [-0.05, 0) is 69.0 Å². The van der Waals surface area contributed by atoms with Crippen LogP contribution in [0.25, 0.3) is 4.85 Å². The van der Waals surface area contributed by atoms with Crippen molar-refractivity contribution < 1.29 is 29.4 Å². The van der Waals surface area contributed by atoms with Crippen molar-refractivity contribution in [1.29, 1.82) is 0 Å². The van der Waals surface area contributed by atoms with E-state index >= 15 is 0 Å².